The van der Waals surface area contributed by atoms with Crippen molar-refractivity contribution in [2.75, 3.05) is 26.2 Å². The van der Waals surface area contributed by atoms with Crippen molar-refractivity contribution >= 4 is 28.4 Å². The molecule has 1 aliphatic heterocycles. The van der Waals surface area contributed by atoms with Crippen LogP contribution in [-0.4, -0.2) is 56.9 Å². The lowest BCUT2D eigenvalue weighted by Gasteiger charge is -2.34. The number of halogens is 1. The van der Waals surface area contributed by atoms with Gasteiger partial charge in [-0.1, -0.05) is 41.1 Å². The van der Waals surface area contributed by atoms with E-state index >= 15 is 0 Å². The summed E-state index contributed by atoms with van der Waals surface area (Å²) in [7, 11) is 0. The molecule has 0 N–H and O–H groups in total. The summed E-state index contributed by atoms with van der Waals surface area (Å²) in [5.74, 6) is -0.117. The number of rotatable bonds is 4. The van der Waals surface area contributed by atoms with Crippen LogP contribution in [0.15, 0.2) is 53.3 Å². The third kappa shape index (κ3) is 4.05. The molecule has 0 unspecified atom stereocenters. The number of nitrogens with zero attached hydrogens (tertiary/aromatic N) is 5. The number of amides is 1. The summed E-state index contributed by atoms with van der Waals surface area (Å²) in [5.41, 5.74) is 1.40. The maximum atomic E-state index is 12.6. The van der Waals surface area contributed by atoms with E-state index in [1.54, 1.807) is 29.2 Å². The molecular weight excluding hydrogens is 378 g/mol. The highest BCUT2D eigenvalue weighted by Crippen LogP contribution is 2.14. The largest absolute Gasteiger partial charge is 0.339 e. The van der Waals surface area contributed by atoms with Crippen molar-refractivity contribution in [3.05, 3.63) is 69.5 Å². The lowest BCUT2D eigenvalue weighted by molar-refractivity contribution is -0.134. The summed E-state index contributed by atoms with van der Waals surface area (Å²) in [6.45, 7) is 3.50. The molecular formula is C20H20ClN5O2. The minimum atomic E-state index is -0.293. The van der Waals surface area contributed by atoms with Crippen LogP contribution in [0.2, 0.25) is 5.02 Å². The molecule has 2 heterocycles. The van der Waals surface area contributed by atoms with Gasteiger partial charge in [-0.25, -0.2) is 4.68 Å². The molecule has 0 radical (unpaired) electrons. The van der Waals surface area contributed by atoms with Gasteiger partial charge in [0, 0.05) is 37.7 Å². The summed E-state index contributed by atoms with van der Waals surface area (Å²) in [4.78, 5) is 29.2. The molecule has 0 spiro atoms. The average Bonchev–Trinajstić information content (AvgIpc) is 2.71. The van der Waals surface area contributed by atoms with E-state index in [1.165, 1.54) is 0 Å². The van der Waals surface area contributed by atoms with E-state index in [2.05, 4.69) is 15.2 Å². The van der Waals surface area contributed by atoms with Gasteiger partial charge in [-0.05, 0) is 29.8 Å². The maximum absolute atomic E-state index is 12.6. The predicted molar refractivity (Wildman–Crippen MR) is 107 cm³/mol. The molecule has 8 heteroatoms. The van der Waals surface area contributed by atoms with Crippen molar-refractivity contribution in [3.8, 4) is 0 Å². The summed E-state index contributed by atoms with van der Waals surface area (Å²) in [6, 6.07) is 14.8. The molecule has 0 bridgehead atoms. The Morgan fingerprint density at radius 3 is 2.61 bits per heavy atom. The Bertz CT molecular complexity index is 1060. The molecule has 1 aromatic heterocycles. The van der Waals surface area contributed by atoms with Gasteiger partial charge >= 0.3 is 0 Å². The van der Waals surface area contributed by atoms with Gasteiger partial charge in [0.05, 0.1) is 5.39 Å². The molecule has 0 aliphatic carbocycles. The van der Waals surface area contributed by atoms with Crippen molar-refractivity contribution < 1.29 is 4.79 Å². The maximum Gasteiger partial charge on any atom is 0.278 e. The molecule has 1 aliphatic rings. The molecule has 28 heavy (non-hydrogen) atoms. The second-order valence-corrected chi connectivity index (χ2v) is 7.29. The summed E-state index contributed by atoms with van der Waals surface area (Å²) in [5, 5.41) is 9.13. The first kappa shape index (κ1) is 18.6. The summed E-state index contributed by atoms with van der Waals surface area (Å²) in [6.07, 6.45) is 0. The van der Waals surface area contributed by atoms with Gasteiger partial charge in [-0.2, -0.15) is 0 Å². The fourth-order valence-electron chi connectivity index (χ4n) is 3.40. The number of benzene rings is 2. The zero-order chi connectivity index (χ0) is 19.5. The number of hydrogen-bond acceptors (Lipinski definition) is 5. The van der Waals surface area contributed by atoms with Crippen molar-refractivity contribution in [1.29, 1.82) is 0 Å². The van der Waals surface area contributed by atoms with Gasteiger partial charge < -0.3 is 4.90 Å². The van der Waals surface area contributed by atoms with E-state index in [0.29, 0.717) is 24.0 Å². The van der Waals surface area contributed by atoms with Crippen LogP contribution in [0.5, 0.6) is 0 Å². The molecule has 1 fully saturated rings. The first-order valence-corrected chi connectivity index (χ1v) is 9.55. The third-order valence-electron chi connectivity index (χ3n) is 4.93. The van der Waals surface area contributed by atoms with E-state index in [0.717, 1.165) is 34.9 Å². The van der Waals surface area contributed by atoms with Crippen molar-refractivity contribution in [1.82, 2.24) is 24.8 Å². The molecule has 0 atom stereocenters. The van der Waals surface area contributed by atoms with E-state index < -0.39 is 0 Å². The first-order chi connectivity index (χ1) is 13.6. The number of fused-ring (bicyclic) bond motifs is 1. The summed E-state index contributed by atoms with van der Waals surface area (Å²) < 4.78 is 1.14. The van der Waals surface area contributed by atoms with Crippen LogP contribution >= 0.6 is 11.6 Å². The SMILES string of the molecule is O=C(Cn1nnc2ccccc2c1=O)N1CCN(Cc2cccc(Cl)c2)CC1. The third-order valence-corrected chi connectivity index (χ3v) is 5.17. The van der Waals surface area contributed by atoms with Crippen LogP contribution in [0.25, 0.3) is 10.9 Å². The van der Waals surface area contributed by atoms with Crippen LogP contribution in [-0.2, 0) is 17.9 Å². The van der Waals surface area contributed by atoms with Crippen LogP contribution in [0.4, 0.5) is 0 Å². The highest BCUT2D eigenvalue weighted by molar-refractivity contribution is 6.30. The molecule has 4 rings (SSSR count). The minimum Gasteiger partial charge on any atom is -0.339 e. The Labute approximate surface area is 167 Å². The second-order valence-electron chi connectivity index (χ2n) is 6.86. The van der Waals surface area contributed by atoms with Gasteiger partial charge in [0.1, 0.15) is 12.1 Å². The lowest BCUT2D eigenvalue weighted by Crippen LogP contribution is -2.49. The molecule has 1 saturated heterocycles. The minimum absolute atomic E-state index is 0.0923. The van der Waals surface area contributed by atoms with Gasteiger partial charge in [0.15, 0.2) is 0 Å². The van der Waals surface area contributed by atoms with Crippen molar-refractivity contribution in [3.63, 3.8) is 0 Å². The molecule has 144 valence electrons. The Morgan fingerprint density at radius 1 is 1.04 bits per heavy atom. The lowest BCUT2D eigenvalue weighted by atomic mass is 10.2. The number of carbonyl (C=O) groups is 1. The van der Waals surface area contributed by atoms with E-state index in [-0.39, 0.29) is 18.0 Å². The molecule has 1 amide bonds. The van der Waals surface area contributed by atoms with Gasteiger partial charge in [-0.3, -0.25) is 14.5 Å². The van der Waals surface area contributed by atoms with Crippen molar-refractivity contribution in [2.45, 2.75) is 13.1 Å². The summed E-state index contributed by atoms with van der Waals surface area (Å²) >= 11 is 6.04. The zero-order valence-electron chi connectivity index (χ0n) is 15.3. The first-order valence-electron chi connectivity index (χ1n) is 9.17. The molecule has 3 aromatic rings. The highest BCUT2D eigenvalue weighted by Gasteiger charge is 2.22. The van der Waals surface area contributed by atoms with E-state index in [1.807, 2.05) is 24.3 Å². The topological polar surface area (TPSA) is 71.3 Å². The number of piperazine rings is 1. The normalized spacial score (nSPS) is 15.1. The Balaban J connectivity index is 1.37. The van der Waals surface area contributed by atoms with Gasteiger partial charge in [-0.15, -0.1) is 5.10 Å². The fraction of sp³-hybridized carbons (Fsp3) is 0.300. The Kier molecular flexibility index (Phi) is 5.36. The van der Waals surface area contributed by atoms with Gasteiger partial charge in [0.2, 0.25) is 5.91 Å². The monoisotopic (exact) mass is 397 g/mol. The fourth-order valence-corrected chi connectivity index (χ4v) is 3.62. The van der Waals surface area contributed by atoms with Crippen LogP contribution in [0.3, 0.4) is 0 Å². The molecule has 2 aromatic carbocycles. The Morgan fingerprint density at radius 2 is 1.82 bits per heavy atom. The highest BCUT2D eigenvalue weighted by atomic mass is 35.5. The predicted octanol–water partition coefficient (Wildman–Crippen LogP) is 1.79. The van der Waals surface area contributed by atoms with Crippen molar-refractivity contribution in [2.24, 2.45) is 0 Å². The molecule has 0 saturated carbocycles. The van der Waals surface area contributed by atoms with Crippen LogP contribution < -0.4 is 5.56 Å². The van der Waals surface area contributed by atoms with Crippen LogP contribution in [0.1, 0.15) is 5.56 Å². The molecule has 7 nitrogen and oxygen atoms in total. The van der Waals surface area contributed by atoms with Gasteiger partial charge in [0.25, 0.3) is 5.56 Å². The van der Waals surface area contributed by atoms with E-state index in [9.17, 15) is 9.59 Å². The van der Waals surface area contributed by atoms with E-state index in [4.69, 9.17) is 11.6 Å². The number of hydrogen-bond donors (Lipinski definition) is 0. The van der Waals surface area contributed by atoms with Crippen LogP contribution in [0, 0.1) is 0 Å². The number of aromatic nitrogens is 3. The zero-order valence-corrected chi connectivity index (χ0v) is 16.0. The second kappa shape index (κ2) is 8.08. The smallest absolute Gasteiger partial charge is 0.278 e. The standard InChI is InChI=1S/C20H20ClN5O2/c21-16-5-3-4-15(12-16)13-24-8-10-25(11-9-24)19(27)14-26-20(28)17-6-1-2-7-18(17)22-23-26/h1-7,12H,8-11,13-14H2. The number of carbonyl (C=O) groups excluding carboxylic acids is 1. The Hall–Kier alpha value is -2.77. The average molecular weight is 398 g/mol. The quantitative estimate of drug-likeness (QED) is 0.671.